The van der Waals surface area contributed by atoms with E-state index in [1.54, 1.807) is 31.5 Å². The van der Waals surface area contributed by atoms with Crippen molar-refractivity contribution in [2.45, 2.75) is 26.1 Å². The molecule has 2 aromatic heterocycles. The first-order valence-electron chi connectivity index (χ1n) is 8.53. The van der Waals surface area contributed by atoms with E-state index in [1.165, 1.54) is 17.4 Å². The number of thiazole rings is 1. The second-order valence-electron chi connectivity index (χ2n) is 6.35. The van der Waals surface area contributed by atoms with Crippen molar-refractivity contribution < 1.29 is 23.1 Å². The lowest BCUT2D eigenvalue weighted by molar-refractivity contribution is -0.138. The van der Waals surface area contributed by atoms with Crippen molar-refractivity contribution in [1.82, 2.24) is 20.3 Å². The largest absolute Gasteiger partial charge is 0.419 e. The highest BCUT2D eigenvalue weighted by molar-refractivity contribution is 7.09. The number of aromatic nitrogens is 3. The van der Waals surface area contributed by atoms with Gasteiger partial charge in [-0.1, -0.05) is 12.1 Å². The molecule has 0 bridgehead atoms. The van der Waals surface area contributed by atoms with Crippen molar-refractivity contribution in [3.63, 3.8) is 0 Å². The van der Waals surface area contributed by atoms with Crippen LogP contribution in [-0.2, 0) is 6.18 Å². The van der Waals surface area contributed by atoms with Crippen LogP contribution in [0.5, 0.6) is 0 Å². The Morgan fingerprint density at radius 2 is 1.90 bits per heavy atom. The molecule has 10 heteroatoms. The molecule has 1 atom stereocenters. The lowest BCUT2D eigenvalue weighted by atomic mass is 10.0. The van der Waals surface area contributed by atoms with Crippen LogP contribution in [0.25, 0.3) is 11.4 Å². The predicted molar refractivity (Wildman–Crippen MR) is 101 cm³/mol. The number of benzene rings is 1. The number of hydrogen-bond acceptors (Lipinski definition) is 6. The second kappa shape index (κ2) is 8.26. The third-order valence-electron chi connectivity index (χ3n) is 4.26. The van der Waals surface area contributed by atoms with Crippen molar-refractivity contribution in [1.29, 1.82) is 0 Å². The average molecular weight is 422 g/mol. The third kappa shape index (κ3) is 4.77. The first-order chi connectivity index (χ1) is 13.7. The highest BCUT2D eigenvalue weighted by Crippen LogP contribution is 2.29. The summed E-state index contributed by atoms with van der Waals surface area (Å²) in [5.74, 6) is -0.343. The topological polar surface area (TPSA) is 88.0 Å². The molecule has 0 aliphatic heterocycles. The molecule has 0 unspecified atom stereocenters. The lowest BCUT2D eigenvalue weighted by Crippen LogP contribution is -2.29. The number of aryl methyl sites for hydroxylation is 2. The van der Waals surface area contributed by atoms with E-state index in [4.69, 9.17) is 0 Å². The first kappa shape index (κ1) is 20.9. The number of carbonyl (C=O) groups excluding carboxylic acids is 1. The Hall–Kier alpha value is -2.85. The number of carbonyl (C=O) groups is 1. The molecule has 2 heterocycles. The molecule has 0 fully saturated rings. The van der Waals surface area contributed by atoms with Crippen molar-refractivity contribution in [3.05, 3.63) is 63.4 Å². The lowest BCUT2D eigenvalue weighted by Gasteiger charge is -2.13. The minimum Gasteiger partial charge on any atom is -0.386 e. The van der Waals surface area contributed by atoms with Crippen LogP contribution in [0, 0.1) is 13.8 Å². The zero-order chi connectivity index (χ0) is 21.2. The van der Waals surface area contributed by atoms with E-state index in [1.807, 2.05) is 0 Å². The van der Waals surface area contributed by atoms with Crippen LogP contribution in [0.4, 0.5) is 13.2 Å². The Morgan fingerprint density at radius 3 is 2.48 bits per heavy atom. The summed E-state index contributed by atoms with van der Waals surface area (Å²) >= 11 is 1.30. The number of nitrogens with zero attached hydrogens (tertiary/aromatic N) is 3. The van der Waals surface area contributed by atoms with Crippen LogP contribution < -0.4 is 5.32 Å². The molecular formula is C19H17F3N4O2S. The van der Waals surface area contributed by atoms with E-state index >= 15 is 0 Å². The Balaban J connectivity index is 1.76. The summed E-state index contributed by atoms with van der Waals surface area (Å²) in [6, 6.07) is 4.80. The SMILES string of the molecule is Cc1ccc(-c2ncc(C(F)(F)F)cn2)cc1C(=O)NC[C@@H](O)c1scnc1C. The van der Waals surface area contributed by atoms with Gasteiger partial charge in [0.05, 0.1) is 21.6 Å². The Kier molecular flexibility index (Phi) is 5.94. The van der Waals surface area contributed by atoms with Crippen LogP contribution in [0.2, 0.25) is 0 Å². The maximum Gasteiger partial charge on any atom is 0.419 e. The summed E-state index contributed by atoms with van der Waals surface area (Å²) in [4.78, 5) is 24.8. The van der Waals surface area contributed by atoms with Gasteiger partial charge in [0.1, 0.15) is 6.10 Å². The molecule has 29 heavy (non-hydrogen) atoms. The molecule has 1 aromatic carbocycles. The number of amides is 1. The fourth-order valence-electron chi connectivity index (χ4n) is 2.64. The van der Waals surface area contributed by atoms with Crippen LogP contribution in [0.15, 0.2) is 36.1 Å². The fraction of sp³-hybridized carbons (Fsp3) is 0.263. The standard InChI is InChI=1S/C19H17F3N4O2S/c1-10-3-4-12(17-23-6-13(7-24-17)19(20,21)22)5-14(10)18(28)25-8-15(27)16-11(2)26-9-29-16/h3-7,9,15,27H,8H2,1-2H3,(H,25,28)/t15-/m1/s1. The number of rotatable bonds is 5. The molecule has 0 radical (unpaired) electrons. The monoisotopic (exact) mass is 422 g/mol. The molecule has 0 aliphatic rings. The second-order valence-corrected chi connectivity index (χ2v) is 7.24. The van der Waals surface area contributed by atoms with Gasteiger partial charge in [0.25, 0.3) is 5.91 Å². The van der Waals surface area contributed by atoms with Crippen LogP contribution in [0.3, 0.4) is 0 Å². The Bertz CT molecular complexity index is 1020. The number of alkyl halides is 3. The highest BCUT2D eigenvalue weighted by Gasteiger charge is 2.31. The number of aliphatic hydroxyl groups excluding tert-OH is 1. The van der Waals surface area contributed by atoms with Gasteiger partial charge in [-0.2, -0.15) is 13.2 Å². The van der Waals surface area contributed by atoms with Gasteiger partial charge in [0.15, 0.2) is 5.82 Å². The van der Waals surface area contributed by atoms with Gasteiger partial charge in [0.2, 0.25) is 0 Å². The predicted octanol–water partition coefficient (Wildman–Crippen LogP) is 3.70. The van der Waals surface area contributed by atoms with Gasteiger partial charge in [0, 0.05) is 30.1 Å². The summed E-state index contributed by atoms with van der Waals surface area (Å²) in [6.45, 7) is 3.51. The highest BCUT2D eigenvalue weighted by atomic mass is 32.1. The molecular weight excluding hydrogens is 405 g/mol. The van der Waals surface area contributed by atoms with Gasteiger partial charge in [-0.25, -0.2) is 15.0 Å². The van der Waals surface area contributed by atoms with Gasteiger partial charge in [-0.3, -0.25) is 4.79 Å². The van der Waals surface area contributed by atoms with Crippen molar-refractivity contribution in [2.24, 2.45) is 0 Å². The Labute approximate surface area is 168 Å². The zero-order valence-corrected chi connectivity index (χ0v) is 16.3. The quantitative estimate of drug-likeness (QED) is 0.655. The van der Waals surface area contributed by atoms with Gasteiger partial charge >= 0.3 is 6.18 Å². The van der Waals surface area contributed by atoms with E-state index in [2.05, 4.69) is 20.3 Å². The van der Waals surface area contributed by atoms with E-state index in [-0.39, 0.29) is 12.4 Å². The molecule has 0 aliphatic carbocycles. The molecule has 0 saturated carbocycles. The van der Waals surface area contributed by atoms with E-state index in [0.717, 1.165) is 0 Å². The molecule has 6 nitrogen and oxygen atoms in total. The average Bonchev–Trinajstić information content (AvgIpc) is 3.11. The summed E-state index contributed by atoms with van der Waals surface area (Å²) in [5.41, 5.74) is 2.77. The molecule has 0 spiro atoms. The summed E-state index contributed by atoms with van der Waals surface area (Å²) in [6.07, 6.45) is -3.99. The number of nitrogens with one attached hydrogen (secondary N) is 1. The van der Waals surface area contributed by atoms with Crippen LogP contribution in [-0.4, -0.2) is 32.5 Å². The molecule has 0 saturated heterocycles. The van der Waals surface area contributed by atoms with E-state index in [0.29, 0.717) is 39.7 Å². The first-order valence-corrected chi connectivity index (χ1v) is 9.41. The van der Waals surface area contributed by atoms with E-state index in [9.17, 15) is 23.1 Å². The van der Waals surface area contributed by atoms with Crippen molar-refractivity contribution in [2.75, 3.05) is 6.54 Å². The maximum atomic E-state index is 12.7. The molecule has 3 aromatic rings. The van der Waals surface area contributed by atoms with Crippen LogP contribution in [0.1, 0.15) is 38.2 Å². The molecule has 2 N–H and O–H groups in total. The molecule has 3 rings (SSSR count). The fourth-order valence-corrected chi connectivity index (χ4v) is 3.43. The Morgan fingerprint density at radius 1 is 1.21 bits per heavy atom. The molecule has 152 valence electrons. The summed E-state index contributed by atoms with van der Waals surface area (Å²) in [7, 11) is 0. The summed E-state index contributed by atoms with van der Waals surface area (Å²) < 4.78 is 38.0. The number of hydrogen-bond donors (Lipinski definition) is 2. The zero-order valence-electron chi connectivity index (χ0n) is 15.5. The molecule has 1 amide bonds. The maximum absolute atomic E-state index is 12.7. The van der Waals surface area contributed by atoms with Crippen LogP contribution >= 0.6 is 11.3 Å². The van der Waals surface area contributed by atoms with Gasteiger partial charge in [-0.15, -0.1) is 11.3 Å². The number of aliphatic hydroxyl groups is 1. The van der Waals surface area contributed by atoms with Gasteiger partial charge < -0.3 is 10.4 Å². The normalized spacial score (nSPS) is 12.6. The third-order valence-corrected chi connectivity index (χ3v) is 5.29. The van der Waals surface area contributed by atoms with Crippen molar-refractivity contribution in [3.8, 4) is 11.4 Å². The van der Waals surface area contributed by atoms with E-state index < -0.39 is 23.8 Å². The minimum absolute atomic E-state index is 0.00230. The minimum atomic E-state index is -4.52. The van der Waals surface area contributed by atoms with Gasteiger partial charge in [-0.05, 0) is 25.5 Å². The number of halogens is 3. The summed E-state index contributed by atoms with van der Waals surface area (Å²) in [5, 5.41) is 12.9. The van der Waals surface area contributed by atoms with Crippen molar-refractivity contribution >= 4 is 17.2 Å². The smallest absolute Gasteiger partial charge is 0.386 e.